The third-order valence-corrected chi connectivity index (χ3v) is 5.42. The normalized spacial score (nSPS) is 12.8. The molecule has 0 atom stereocenters. The molecular weight excluding hydrogens is 270 g/mol. The van der Waals surface area contributed by atoms with Crippen molar-refractivity contribution in [3.05, 3.63) is 60.2 Å². The molecule has 100 valence electrons. The van der Waals surface area contributed by atoms with Gasteiger partial charge in [0, 0.05) is 11.1 Å². The minimum atomic E-state index is -0.640. The molecule has 0 heterocycles. The van der Waals surface area contributed by atoms with Gasteiger partial charge in [-0.2, -0.15) is 9.06 Å². The van der Waals surface area contributed by atoms with E-state index in [-0.39, 0.29) is 0 Å². The number of nitrogens with zero attached hydrogens (tertiary/aromatic N) is 1. The van der Waals surface area contributed by atoms with Crippen molar-refractivity contribution in [3.8, 4) is 0 Å². The number of rotatable bonds is 4. The highest BCUT2D eigenvalue weighted by atomic mass is 33.2. The minimum absolute atomic E-state index is 0.640. The Kier molecular flexibility index (Phi) is 4.72. The van der Waals surface area contributed by atoms with E-state index >= 15 is 0 Å². The van der Waals surface area contributed by atoms with Crippen molar-refractivity contribution in [1.82, 2.24) is 0 Å². The number of hydrogen-bond acceptors (Lipinski definition) is 2. The lowest BCUT2D eigenvalue weighted by Crippen LogP contribution is -1.85. The number of para-hydroxylation sites is 1. The predicted molar refractivity (Wildman–Crippen MR) is 91.4 cm³/mol. The molecule has 0 bridgehead atoms. The van der Waals surface area contributed by atoms with Gasteiger partial charge in [-0.1, -0.05) is 53.3 Å². The highest BCUT2D eigenvalue weighted by Crippen LogP contribution is 2.55. The zero-order chi connectivity index (χ0) is 13.7. The van der Waals surface area contributed by atoms with Crippen molar-refractivity contribution < 1.29 is 0 Å². The van der Waals surface area contributed by atoms with Gasteiger partial charge >= 0.3 is 0 Å². The second kappa shape index (κ2) is 6.31. The average Bonchev–Trinajstić information content (AvgIpc) is 2.37. The lowest BCUT2D eigenvalue weighted by atomic mass is 10.2. The van der Waals surface area contributed by atoms with E-state index in [2.05, 4.69) is 54.1 Å². The smallest absolute Gasteiger partial charge is 0.0773 e. The summed E-state index contributed by atoms with van der Waals surface area (Å²) >= 11 is 0. The molecule has 0 radical (unpaired) electrons. The van der Waals surface area contributed by atoms with E-state index in [0.717, 1.165) is 11.3 Å². The molecule has 0 spiro atoms. The fraction of sp³-hybridized carbons (Fsp3) is 0.188. The molecule has 2 rings (SSSR count). The maximum atomic E-state index is 4.63. The fourth-order valence-corrected chi connectivity index (χ4v) is 4.50. The Morgan fingerprint density at radius 2 is 1.53 bits per heavy atom. The van der Waals surface area contributed by atoms with Crippen molar-refractivity contribution in [2.24, 2.45) is 4.99 Å². The summed E-state index contributed by atoms with van der Waals surface area (Å²) in [7, 11) is 1.29. The Morgan fingerprint density at radius 3 is 2.21 bits per heavy atom. The van der Waals surface area contributed by atoms with Crippen LogP contribution in [0.15, 0.2) is 64.5 Å². The van der Waals surface area contributed by atoms with E-state index in [1.165, 1.54) is 4.90 Å². The molecule has 0 N–H and O–H groups in total. The third-order valence-electron chi connectivity index (χ3n) is 2.36. The Morgan fingerprint density at radius 1 is 0.895 bits per heavy atom. The SMILES string of the molecule is CS(C)(C)Sc1ccccc1/N=C/c1ccccc1. The van der Waals surface area contributed by atoms with E-state index < -0.39 is 9.06 Å². The van der Waals surface area contributed by atoms with Crippen LogP contribution in [0.5, 0.6) is 0 Å². The first kappa shape index (κ1) is 14.2. The predicted octanol–water partition coefficient (Wildman–Crippen LogP) is 5.14. The van der Waals surface area contributed by atoms with E-state index in [9.17, 15) is 0 Å². The molecule has 0 saturated carbocycles. The summed E-state index contributed by atoms with van der Waals surface area (Å²) in [6.45, 7) is 0. The summed E-state index contributed by atoms with van der Waals surface area (Å²) in [4.78, 5) is 5.89. The third kappa shape index (κ3) is 4.77. The quantitative estimate of drug-likeness (QED) is 0.561. The van der Waals surface area contributed by atoms with Gasteiger partial charge in [-0.25, -0.2) is 0 Å². The van der Waals surface area contributed by atoms with Crippen LogP contribution in [0.4, 0.5) is 5.69 Å². The summed E-state index contributed by atoms with van der Waals surface area (Å²) < 4.78 is 0. The molecule has 0 aliphatic rings. The van der Waals surface area contributed by atoms with Crippen LogP contribution in [0.2, 0.25) is 0 Å². The first-order valence-corrected chi connectivity index (χ1v) is 10.3. The van der Waals surface area contributed by atoms with E-state index in [4.69, 9.17) is 0 Å². The van der Waals surface area contributed by atoms with Crippen LogP contribution in [0, 0.1) is 0 Å². The van der Waals surface area contributed by atoms with E-state index in [1.807, 2.05) is 41.3 Å². The number of aliphatic imine (C=N–C) groups is 1. The monoisotopic (exact) mass is 289 g/mol. The van der Waals surface area contributed by atoms with Gasteiger partial charge in [0.2, 0.25) is 0 Å². The Bertz CT molecular complexity index is 556. The highest BCUT2D eigenvalue weighted by Gasteiger charge is 2.09. The van der Waals surface area contributed by atoms with Crippen LogP contribution >= 0.6 is 19.9 Å². The van der Waals surface area contributed by atoms with Gasteiger partial charge in [0.05, 0.1) is 5.69 Å². The van der Waals surface area contributed by atoms with E-state index in [1.54, 1.807) is 0 Å². The largest absolute Gasteiger partial charge is 0.255 e. The maximum Gasteiger partial charge on any atom is 0.0773 e. The van der Waals surface area contributed by atoms with Crippen molar-refractivity contribution in [2.75, 3.05) is 18.8 Å². The van der Waals surface area contributed by atoms with E-state index in [0.29, 0.717) is 0 Å². The van der Waals surface area contributed by atoms with Crippen molar-refractivity contribution in [1.29, 1.82) is 0 Å². The van der Waals surface area contributed by atoms with Crippen LogP contribution in [-0.4, -0.2) is 25.0 Å². The first-order valence-electron chi connectivity index (χ1n) is 6.10. The molecule has 2 aromatic carbocycles. The minimum Gasteiger partial charge on any atom is -0.255 e. The molecule has 0 aliphatic carbocycles. The van der Waals surface area contributed by atoms with Crippen LogP contribution in [0.1, 0.15) is 5.56 Å². The summed E-state index contributed by atoms with van der Waals surface area (Å²) in [6, 6.07) is 18.6. The van der Waals surface area contributed by atoms with Crippen LogP contribution in [0.3, 0.4) is 0 Å². The van der Waals surface area contributed by atoms with Gasteiger partial charge in [0.15, 0.2) is 0 Å². The molecular formula is C16H19NS2. The molecule has 0 amide bonds. The van der Waals surface area contributed by atoms with Crippen LogP contribution in [0.25, 0.3) is 0 Å². The van der Waals surface area contributed by atoms with Crippen molar-refractivity contribution >= 4 is 31.8 Å². The fourth-order valence-electron chi connectivity index (χ4n) is 1.59. The molecule has 2 aromatic rings. The summed E-state index contributed by atoms with van der Waals surface area (Å²) in [6.07, 6.45) is 8.83. The van der Waals surface area contributed by atoms with Gasteiger partial charge in [0.1, 0.15) is 0 Å². The summed E-state index contributed by atoms with van der Waals surface area (Å²) in [5.41, 5.74) is 2.18. The van der Waals surface area contributed by atoms with Gasteiger partial charge < -0.3 is 0 Å². The molecule has 3 heteroatoms. The first-order chi connectivity index (χ1) is 9.04. The summed E-state index contributed by atoms with van der Waals surface area (Å²) in [5, 5.41) is 0. The molecule has 19 heavy (non-hydrogen) atoms. The van der Waals surface area contributed by atoms with Crippen LogP contribution in [-0.2, 0) is 0 Å². The number of hydrogen-bond donors (Lipinski definition) is 0. The van der Waals surface area contributed by atoms with Gasteiger partial charge in [-0.15, -0.1) is 0 Å². The van der Waals surface area contributed by atoms with Gasteiger partial charge in [-0.05, 0) is 36.5 Å². The highest BCUT2D eigenvalue weighted by molar-refractivity contribution is 8.93. The zero-order valence-electron chi connectivity index (χ0n) is 11.5. The van der Waals surface area contributed by atoms with Crippen molar-refractivity contribution in [3.63, 3.8) is 0 Å². The molecule has 0 aliphatic heterocycles. The Hall–Kier alpha value is -1.19. The zero-order valence-corrected chi connectivity index (χ0v) is 13.2. The topological polar surface area (TPSA) is 12.4 Å². The lowest BCUT2D eigenvalue weighted by Gasteiger charge is -2.24. The lowest BCUT2D eigenvalue weighted by molar-refractivity contribution is 1.39. The Labute approximate surface area is 120 Å². The summed E-state index contributed by atoms with van der Waals surface area (Å²) in [5.74, 6) is 0. The van der Waals surface area contributed by atoms with Gasteiger partial charge in [-0.3, -0.25) is 4.99 Å². The second-order valence-electron chi connectivity index (χ2n) is 4.94. The standard InChI is InChI=1S/C16H19NS2/c1-19(2,3)18-16-12-8-7-11-15(16)17-13-14-9-5-4-6-10-14/h4-13H,1-3H3/b17-13+. The maximum absolute atomic E-state index is 4.63. The van der Waals surface area contributed by atoms with Gasteiger partial charge in [0.25, 0.3) is 0 Å². The molecule has 0 saturated heterocycles. The second-order valence-corrected chi connectivity index (χ2v) is 12.5. The van der Waals surface area contributed by atoms with Crippen molar-refractivity contribution in [2.45, 2.75) is 4.90 Å². The van der Waals surface area contributed by atoms with Crippen LogP contribution < -0.4 is 0 Å². The molecule has 1 nitrogen and oxygen atoms in total. The molecule has 0 unspecified atom stereocenters. The average molecular weight is 289 g/mol. The Balaban J connectivity index is 2.23. The molecule has 0 aromatic heterocycles. The molecule has 0 fully saturated rings. The number of benzene rings is 2.